The van der Waals surface area contributed by atoms with Crippen LogP contribution < -0.4 is 5.32 Å². The highest BCUT2D eigenvalue weighted by Crippen LogP contribution is 2.37. The highest BCUT2D eigenvalue weighted by molar-refractivity contribution is 7.99. The Morgan fingerprint density at radius 3 is 2.65 bits per heavy atom. The van der Waals surface area contributed by atoms with Crippen LogP contribution in [0.3, 0.4) is 0 Å². The summed E-state index contributed by atoms with van der Waals surface area (Å²) in [6, 6.07) is 16.2. The number of para-hydroxylation sites is 1. The minimum Gasteiger partial charge on any atom is -0.325 e. The summed E-state index contributed by atoms with van der Waals surface area (Å²) in [5, 5.41) is 2.93. The third-order valence-corrected chi connectivity index (χ3v) is 3.77. The molecule has 1 aliphatic rings. The number of hydrogen-bond acceptors (Lipinski definition) is 2. The summed E-state index contributed by atoms with van der Waals surface area (Å²) in [5.41, 5.74) is 2.07. The SMILES string of the molecule is O=C1Cc2cccc(Sc3ccccc3)c2N1. The van der Waals surface area contributed by atoms with Gasteiger partial charge in [-0.3, -0.25) is 4.79 Å². The van der Waals surface area contributed by atoms with Crippen LogP contribution in [0, 0.1) is 0 Å². The lowest BCUT2D eigenvalue weighted by atomic mass is 10.2. The minimum absolute atomic E-state index is 0.0844. The van der Waals surface area contributed by atoms with Gasteiger partial charge in [0.25, 0.3) is 0 Å². The Kier molecular flexibility index (Phi) is 2.61. The summed E-state index contributed by atoms with van der Waals surface area (Å²) in [6.07, 6.45) is 0.499. The molecule has 3 heteroatoms. The first-order valence-corrected chi connectivity index (χ1v) is 6.29. The molecule has 1 amide bonds. The zero-order chi connectivity index (χ0) is 11.7. The zero-order valence-corrected chi connectivity index (χ0v) is 9.96. The second-order valence-electron chi connectivity index (χ2n) is 3.93. The average Bonchev–Trinajstić information content (AvgIpc) is 2.72. The zero-order valence-electron chi connectivity index (χ0n) is 9.14. The summed E-state index contributed by atoms with van der Waals surface area (Å²) in [4.78, 5) is 13.7. The van der Waals surface area contributed by atoms with Crippen LogP contribution in [-0.4, -0.2) is 5.91 Å². The molecular weight excluding hydrogens is 230 g/mol. The summed E-state index contributed by atoms with van der Waals surface area (Å²) >= 11 is 1.68. The van der Waals surface area contributed by atoms with Crippen LogP contribution in [0.2, 0.25) is 0 Å². The average molecular weight is 241 g/mol. The number of benzene rings is 2. The lowest BCUT2D eigenvalue weighted by Crippen LogP contribution is -2.04. The number of carbonyl (C=O) groups excluding carboxylic acids is 1. The molecule has 2 aromatic carbocycles. The van der Waals surface area contributed by atoms with Crippen LogP contribution in [0.25, 0.3) is 0 Å². The Labute approximate surface area is 104 Å². The van der Waals surface area contributed by atoms with Crippen molar-refractivity contribution in [1.82, 2.24) is 0 Å². The monoisotopic (exact) mass is 241 g/mol. The first-order valence-electron chi connectivity index (χ1n) is 5.47. The number of anilines is 1. The number of hydrogen-bond donors (Lipinski definition) is 1. The van der Waals surface area contributed by atoms with Gasteiger partial charge in [0.2, 0.25) is 5.91 Å². The predicted octanol–water partition coefficient (Wildman–Crippen LogP) is 3.33. The highest BCUT2D eigenvalue weighted by Gasteiger charge is 2.20. The van der Waals surface area contributed by atoms with Crippen molar-refractivity contribution in [1.29, 1.82) is 0 Å². The first-order chi connectivity index (χ1) is 8.33. The van der Waals surface area contributed by atoms with Crippen molar-refractivity contribution in [3.8, 4) is 0 Å². The molecule has 0 unspecified atom stereocenters. The van der Waals surface area contributed by atoms with E-state index in [-0.39, 0.29) is 5.91 Å². The summed E-state index contributed by atoms with van der Waals surface area (Å²) in [7, 11) is 0. The lowest BCUT2D eigenvalue weighted by molar-refractivity contribution is -0.115. The normalized spacial score (nSPS) is 13.3. The molecule has 0 bridgehead atoms. The van der Waals surface area contributed by atoms with Crippen molar-refractivity contribution < 1.29 is 4.79 Å². The molecule has 0 radical (unpaired) electrons. The largest absolute Gasteiger partial charge is 0.325 e. The molecule has 1 aliphatic heterocycles. The molecule has 1 heterocycles. The minimum atomic E-state index is 0.0844. The topological polar surface area (TPSA) is 29.1 Å². The number of fused-ring (bicyclic) bond motifs is 1. The van der Waals surface area contributed by atoms with Gasteiger partial charge in [-0.05, 0) is 23.8 Å². The van der Waals surface area contributed by atoms with Crippen LogP contribution >= 0.6 is 11.8 Å². The lowest BCUT2D eigenvalue weighted by Gasteiger charge is -2.07. The summed E-state index contributed by atoms with van der Waals surface area (Å²) in [6.45, 7) is 0. The van der Waals surface area contributed by atoms with Crippen LogP contribution in [0.5, 0.6) is 0 Å². The van der Waals surface area contributed by atoms with E-state index in [9.17, 15) is 4.79 Å². The van der Waals surface area contributed by atoms with Gasteiger partial charge in [0.1, 0.15) is 0 Å². The van der Waals surface area contributed by atoms with E-state index in [1.807, 2.05) is 36.4 Å². The quantitative estimate of drug-likeness (QED) is 0.873. The van der Waals surface area contributed by atoms with Crippen LogP contribution in [0.4, 0.5) is 5.69 Å². The van der Waals surface area contributed by atoms with Gasteiger partial charge < -0.3 is 5.32 Å². The molecule has 3 rings (SSSR count). The van der Waals surface area contributed by atoms with E-state index >= 15 is 0 Å². The molecule has 17 heavy (non-hydrogen) atoms. The van der Waals surface area contributed by atoms with E-state index in [2.05, 4.69) is 17.4 Å². The standard InChI is InChI=1S/C14H11NOS/c16-13-9-10-5-4-8-12(14(10)15-13)17-11-6-2-1-3-7-11/h1-8H,9H2,(H,15,16). The van der Waals surface area contributed by atoms with E-state index in [1.165, 1.54) is 4.90 Å². The number of amides is 1. The van der Waals surface area contributed by atoms with Crippen molar-refractivity contribution in [3.05, 3.63) is 54.1 Å². The predicted molar refractivity (Wildman–Crippen MR) is 69.3 cm³/mol. The maximum Gasteiger partial charge on any atom is 0.228 e. The van der Waals surface area contributed by atoms with Crippen molar-refractivity contribution >= 4 is 23.4 Å². The highest BCUT2D eigenvalue weighted by atomic mass is 32.2. The molecule has 0 atom stereocenters. The second kappa shape index (κ2) is 4.26. The third-order valence-electron chi connectivity index (χ3n) is 2.70. The molecule has 1 N–H and O–H groups in total. The van der Waals surface area contributed by atoms with Gasteiger partial charge in [-0.2, -0.15) is 0 Å². The van der Waals surface area contributed by atoms with Crippen molar-refractivity contribution in [3.63, 3.8) is 0 Å². The van der Waals surface area contributed by atoms with Crippen molar-refractivity contribution in [2.45, 2.75) is 16.2 Å². The molecule has 0 saturated heterocycles. The fraction of sp³-hybridized carbons (Fsp3) is 0.0714. The Balaban J connectivity index is 1.95. The molecule has 0 fully saturated rings. The Morgan fingerprint density at radius 1 is 1.00 bits per heavy atom. The van der Waals surface area contributed by atoms with Gasteiger partial charge in [-0.15, -0.1) is 0 Å². The molecule has 2 aromatic rings. The molecule has 84 valence electrons. The van der Waals surface area contributed by atoms with Crippen LogP contribution in [-0.2, 0) is 11.2 Å². The third kappa shape index (κ3) is 2.06. The maximum absolute atomic E-state index is 11.4. The van der Waals surface area contributed by atoms with Gasteiger partial charge >= 0.3 is 0 Å². The molecular formula is C14H11NOS. The molecule has 0 spiro atoms. The Hall–Kier alpha value is -1.74. The molecule has 0 saturated carbocycles. The maximum atomic E-state index is 11.4. The Bertz CT molecular complexity index is 566. The van der Waals surface area contributed by atoms with Crippen LogP contribution in [0.1, 0.15) is 5.56 Å². The second-order valence-corrected chi connectivity index (χ2v) is 5.05. The number of nitrogens with one attached hydrogen (secondary N) is 1. The molecule has 0 aromatic heterocycles. The van der Waals surface area contributed by atoms with Crippen molar-refractivity contribution in [2.24, 2.45) is 0 Å². The smallest absolute Gasteiger partial charge is 0.228 e. The fourth-order valence-electron chi connectivity index (χ4n) is 1.92. The summed E-state index contributed by atoms with van der Waals surface area (Å²) in [5.74, 6) is 0.0844. The molecule has 0 aliphatic carbocycles. The Morgan fingerprint density at radius 2 is 1.82 bits per heavy atom. The summed E-state index contributed by atoms with van der Waals surface area (Å²) < 4.78 is 0. The van der Waals surface area contributed by atoms with E-state index in [0.29, 0.717) is 6.42 Å². The van der Waals surface area contributed by atoms with E-state index in [4.69, 9.17) is 0 Å². The van der Waals surface area contributed by atoms with Gasteiger partial charge in [0, 0.05) is 9.79 Å². The van der Waals surface area contributed by atoms with Crippen LogP contribution in [0.15, 0.2) is 58.3 Å². The number of carbonyl (C=O) groups is 1. The van der Waals surface area contributed by atoms with E-state index < -0.39 is 0 Å². The van der Waals surface area contributed by atoms with E-state index in [1.54, 1.807) is 11.8 Å². The van der Waals surface area contributed by atoms with Gasteiger partial charge in [0.05, 0.1) is 12.1 Å². The fourth-order valence-corrected chi connectivity index (χ4v) is 2.90. The number of rotatable bonds is 2. The van der Waals surface area contributed by atoms with E-state index in [0.717, 1.165) is 16.1 Å². The van der Waals surface area contributed by atoms with Gasteiger partial charge in [-0.1, -0.05) is 42.1 Å². The first kappa shape index (κ1) is 10.4. The van der Waals surface area contributed by atoms with Crippen molar-refractivity contribution in [2.75, 3.05) is 5.32 Å². The van der Waals surface area contributed by atoms with Gasteiger partial charge in [-0.25, -0.2) is 0 Å². The molecule has 2 nitrogen and oxygen atoms in total. The van der Waals surface area contributed by atoms with Gasteiger partial charge in [0.15, 0.2) is 0 Å².